The normalized spacial score (nSPS) is 33.2. The molecule has 0 aromatic heterocycles. The summed E-state index contributed by atoms with van der Waals surface area (Å²) in [5, 5.41) is 0. The molecule has 4 aromatic carbocycles. The van der Waals surface area contributed by atoms with Crippen LogP contribution in [-0.2, 0) is 55.8 Å². The predicted molar refractivity (Wildman–Crippen MR) is 204 cm³/mol. The third kappa shape index (κ3) is 8.34. The molecule has 4 aromatic rings. The van der Waals surface area contributed by atoms with Gasteiger partial charge in [-0.15, -0.1) is 0 Å². The molecule has 0 amide bonds. The van der Waals surface area contributed by atoms with Crippen LogP contribution in [0.1, 0.15) is 54.9 Å². The van der Waals surface area contributed by atoms with Gasteiger partial charge in [-0.2, -0.15) is 0 Å². The molecule has 0 spiro atoms. The van der Waals surface area contributed by atoms with Gasteiger partial charge in [0, 0.05) is 10.5 Å². The molecule has 4 fully saturated rings. The van der Waals surface area contributed by atoms with Crippen molar-refractivity contribution in [3.8, 4) is 0 Å². The largest absolute Gasteiger partial charge is 0.368 e. The van der Waals surface area contributed by atoms with Gasteiger partial charge in [0.1, 0.15) is 48.2 Å². The molecule has 0 saturated carbocycles. The predicted octanol–water partition coefficient (Wildman–Crippen LogP) is 8.06. The third-order valence-corrected chi connectivity index (χ3v) is 11.9. The van der Waals surface area contributed by atoms with Crippen LogP contribution < -0.4 is 0 Å². The van der Waals surface area contributed by atoms with Crippen LogP contribution in [0, 0.1) is 13.8 Å². The summed E-state index contributed by atoms with van der Waals surface area (Å²) in [6.45, 7) is 11.1. The summed E-state index contributed by atoms with van der Waals surface area (Å²) < 4.78 is 60.6. The zero-order valence-corrected chi connectivity index (χ0v) is 32.3. The summed E-state index contributed by atoms with van der Waals surface area (Å²) in [7, 11) is 0. The molecule has 11 atom stereocenters. The van der Waals surface area contributed by atoms with Crippen molar-refractivity contribution in [1.82, 2.24) is 0 Å². The van der Waals surface area contributed by atoms with Crippen LogP contribution in [0.5, 0.6) is 0 Å². The molecule has 4 saturated heterocycles. The molecule has 4 aliphatic heterocycles. The lowest BCUT2D eigenvalue weighted by molar-refractivity contribution is -0.384. The summed E-state index contributed by atoms with van der Waals surface area (Å²) in [6, 6.07) is 36.5. The standard InChI is InChI=1S/C44H50O9S/c1-27-16-15-17-28(2)40(27)54-43-39-37(52-44(4,5)53-39)34(29(3)48-43)50-42-38(46-25-31-20-11-7-12-21-31)36(45-24-30-18-9-6-10-19-30)35-33(49-42)26-47-41(51-35)32-22-13-8-14-23-32/h6-23,29,33-39,41-43H,24-26H2,1-5H3/t29-,33+,34-,35+,36-,37+,38-,39+,41+,42-,43-/m0/s1. The second-order valence-corrected chi connectivity index (χ2v) is 16.1. The van der Waals surface area contributed by atoms with Crippen molar-refractivity contribution in [2.45, 2.75) is 125 Å². The summed E-state index contributed by atoms with van der Waals surface area (Å²) in [5.74, 6) is -0.843. The van der Waals surface area contributed by atoms with Crippen molar-refractivity contribution in [2.75, 3.05) is 6.61 Å². The summed E-state index contributed by atoms with van der Waals surface area (Å²) in [6.07, 6.45) is -5.48. The molecule has 0 aliphatic carbocycles. The summed E-state index contributed by atoms with van der Waals surface area (Å²) in [5.41, 5.74) is 5.05. The molecular formula is C44H50O9S. The van der Waals surface area contributed by atoms with Gasteiger partial charge >= 0.3 is 0 Å². The minimum atomic E-state index is -0.872. The molecule has 4 heterocycles. The molecule has 54 heavy (non-hydrogen) atoms. The van der Waals surface area contributed by atoms with Gasteiger partial charge in [-0.05, 0) is 56.9 Å². The number of benzene rings is 4. The highest BCUT2D eigenvalue weighted by molar-refractivity contribution is 8.00. The molecule has 9 nitrogen and oxygen atoms in total. The fourth-order valence-corrected chi connectivity index (χ4v) is 9.10. The van der Waals surface area contributed by atoms with Crippen LogP contribution in [0.15, 0.2) is 114 Å². The maximum atomic E-state index is 7.06. The molecule has 0 bridgehead atoms. The van der Waals surface area contributed by atoms with E-state index < -0.39 is 61.1 Å². The van der Waals surface area contributed by atoms with E-state index in [4.69, 9.17) is 42.6 Å². The van der Waals surface area contributed by atoms with Gasteiger partial charge in [0.25, 0.3) is 0 Å². The molecule has 0 N–H and O–H groups in total. The van der Waals surface area contributed by atoms with E-state index in [1.165, 1.54) is 16.0 Å². The molecule has 10 heteroatoms. The van der Waals surface area contributed by atoms with Crippen LogP contribution in [0.4, 0.5) is 0 Å². The van der Waals surface area contributed by atoms with E-state index in [-0.39, 0.29) is 18.1 Å². The third-order valence-electron chi connectivity index (χ3n) is 10.4. The molecular weight excluding hydrogens is 705 g/mol. The van der Waals surface area contributed by atoms with Crippen molar-refractivity contribution in [3.05, 3.63) is 137 Å². The van der Waals surface area contributed by atoms with Crippen LogP contribution in [0.25, 0.3) is 0 Å². The average Bonchev–Trinajstić information content (AvgIpc) is 3.52. The number of rotatable bonds is 11. The van der Waals surface area contributed by atoms with E-state index in [2.05, 4.69) is 44.2 Å². The van der Waals surface area contributed by atoms with Crippen molar-refractivity contribution in [1.29, 1.82) is 0 Å². The SMILES string of the molecule is Cc1cccc(C)c1S[C@@H]1O[C@@H](C)[C@H](O[C@@H]2O[C@@H]3CO[C@@H](c4ccccc4)O[C@H]3[C@H](OCc3ccccc3)[C@@H]2OCc2ccccc2)[C@H]2OC(C)(C)O[C@H]21. The van der Waals surface area contributed by atoms with Crippen molar-refractivity contribution >= 4 is 11.8 Å². The van der Waals surface area contributed by atoms with Crippen molar-refractivity contribution in [3.63, 3.8) is 0 Å². The van der Waals surface area contributed by atoms with Gasteiger partial charge in [-0.3, -0.25) is 0 Å². The maximum Gasteiger partial charge on any atom is 0.187 e. The smallest absolute Gasteiger partial charge is 0.187 e. The second kappa shape index (κ2) is 16.5. The summed E-state index contributed by atoms with van der Waals surface area (Å²) >= 11 is 1.68. The lowest BCUT2D eigenvalue weighted by Crippen LogP contribution is -2.65. The maximum absolute atomic E-state index is 7.06. The quantitative estimate of drug-likeness (QED) is 0.150. The first kappa shape index (κ1) is 37.8. The monoisotopic (exact) mass is 754 g/mol. The van der Waals surface area contributed by atoms with Crippen LogP contribution in [-0.4, -0.2) is 73.0 Å². The van der Waals surface area contributed by atoms with Crippen LogP contribution in [0.2, 0.25) is 0 Å². The van der Waals surface area contributed by atoms with Gasteiger partial charge in [0.05, 0.1) is 25.9 Å². The van der Waals surface area contributed by atoms with E-state index >= 15 is 0 Å². The Balaban J connectivity index is 1.10. The van der Waals surface area contributed by atoms with Gasteiger partial charge in [0.2, 0.25) is 0 Å². The van der Waals surface area contributed by atoms with Crippen molar-refractivity contribution in [2.24, 2.45) is 0 Å². The summed E-state index contributed by atoms with van der Waals surface area (Å²) in [4.78, 5) is 1.18. The zero-order valence-electron chi connectivity index (χ0n) is 31.4. The van der Waals surface area contributed by atoms with Crippen LogP contribution >= 0.6 is 11.8 Å². The zero-order chi connectivity index (χ0) is 37.2. The molecule has 4 aliphatic rings. The average molecular weight is 755 g/mol. The first-order valence-corrected chi connectivity index (χ1v) is 19.8. The van der Waals surface area contributed by atoms with Crippen molar-refractivity contribution < 1.29 is 42.6 Å². The Kier molecular flexibility index (Phi) is 11.6. The minimum absolute atomic E-state index is 0.282. The minimum Gasteiger partial charge on any atom is -0.368 e. The van der Waals surface area contributed by atoms with E-state index in [9.17, 15) is 0 Å². The molecule has 0 unspecified atom stereocenters. The first-order valence-electron chi connectivity index (χ1n) is 18.9. The Labute approximate surface area is 322 Å². The van der Waals surface area contributed by atoms with E-state index in [0.717, 1.165) is 16.7 Å². The lowest BCUT2D eigenvalue weighted by atomic mass is 9.96. The van der Waals surface area contributed by atoms with Gasteiger partial charge in [0.15, 0.2) is 18.4 Å². The Bertz CT molecular complexity index is 1790. The molecule has 0 radical (unpaired) electrons. The van der Waals surface area contributed by atoms with Gasteiger partial charge in [-0.25, -0.2) is 0 Å². The fourth-order valence-electron chi connectivity index (χ4n) is 7.79. The first-order chi connectivity index (χ1) is 26.2. The number of thioether (sulfide) groups is 1. The number of hydrogen-bond donors (Lipinski definition) is 0. The number of aryl methyl sites for hydroxylation is 2. The highest BCUT2D eigenvalue weighted by Gasteiger charge is 2.58. The van der Waals surface area contributed by atoms with Gasteiger partial charge < -0.3 is 42.6 Å². The van der Waals surface area contributed by atoms with E-state index in [1.54, 1.807) is 11.8 Å². The number of ether oxygens (including phenoxy) is 9. The van der Waals surface area contributed by atoms with E-state index in [1.807, 2.05) is 99.6 Å². The van der Waals surface area contributed by atoms with Crippen LogP contribution in [0.3, 0.4) is 0 Å². The number of hydrogen-bond acceptors (Lipinski definition) is 10. The highest BCUT2D eigenvalue weighted by atomic mass is 32.2. The number of fused-ring (bicyclic) bond motifs is 2. The molecule has 8 rings (SSSR count). The van der Waals surface area contributed by atoms with E-state index in [0.29, 0.717) is 13.2 Å². The highest BCUT2D eigenvalue weighted by Crippen LogP contribution is 2.46. The second-order valence-electron chi connectivity index (χ2n) is 15.0. The Hall–Kier alpha value is -3.13. The Morgan fingerprint density at radius 1 is 0.648 bits per heavy atom. The Morgan fingerprint density at radius 3 is 1.89 bits per heavy atom. The van der Waals surface area contributed by atoms with Gasteiger partial charge in [-0.1, -0.05) is 121 Å². The topological polar surface area (TPSA) is 83.1 Å². The molecule has 286 valence electrons. The lowest BCUT2D eigenvalue weighted by Gasteiger charge is -2.50. The fraction of sp³-hybridized carbons (Fsp3) is 0.455. The Morgan fingerprint density at radius 2 is 1.24 bits per heavy atom.